The number of amides is 1. The number of anilines is 1. The third kappa shape index (κ3) is 6.41. The van der Waals surface area contributed by atoms with Gasteiger partial charge in [0.2, 0.25) is 12.1 Å². The van der Waals surface area contributed by atoms with Gasteiger partial charge in [-0.25, -0.2) is 9.78 Å². The molecular formula is C22H23F4N3O4. The van der Waals surface area contributed by atoms with Crippen LogP contribution < -0.4 is 15.4 Å². The number of halogens is 4. The van der Waals surface area contributed by atoms with Crippen molar-refractivity contribution in [2.24, 2.45) is 5.92 Å². The summed E-state index contributed by atoms with van der Waals surface area (Å²) < 4.78 is 65.3. The maximum Gasteiger partial charge on any atom is 0.416 e. The van der Waals surface area contributed by atoms with Gasteiger partial charge in [0, 0.05) is 37.0 Å². The Hall–Kier alpha value is -3.21. The summed E-state index contributed by atoms with van der Waals surface area (Å²) in [6.07, 6.45) is -4.79. The summed E-state index contributed by atoms with van der Waals surface area (Å²) in [5.74, 6) is -3.38. The van der Waals surface area contributed by atoms with E-state index in [1.165, 1.54) is 6.07 Å². The van der Waals surface area contributed by atoms with Gasteiger partial charge in [0.25, 0.3) is 5.91 Å². The van der Waals surface area contributed by atoms with Gasteiger partial charge in [0.15, 0.2) is 0 Å². The third-order valence-electron chi connectivity index (χ3n) is 4.64. The summed E-state index contributed by atoms with van der Waals surface area (Å²) in [6, 6.07) is 5.00. The second kappa shape index (κ2) is 9.34. The molecule has 0 saturated carbocycles. The van der Waals surface area contributed by atoms with E-state index in [4.69, 9.17) is 9.47 Å². The van der Waals surface area contributed by atoms with Crippen molar-refractivity contribution < 1.29 is 36.6 Å². The molecule has 1 fully saturated rings. The van der Waals surface area contributed by atoms with Crippen molar-refractivity contribution in [2.75, 3.05) is 18.4 Å². The molecule has 1 atom stereocenters. The Labute approximate surface area is 187 Å². The maximum absolute atomic E-state index is 13.8. The van der Waals surface area contributed by atoms with Crippen LogP contribution in [0, 0.1) is 11.9 Å². The summed E-state index contributed by atoms with van der Waals surface area (Å²) in [6.45, 7) is 5.84. The van der Waals surface area contributed by atoms with Gasteiger partial charge < -0.3 is 20.1 Å². The zero-order chi connectivity index (χ0) is 24.4. The molecule has 1 unspecified atom stereocenters. The normalized spacial score (nSPS) is 15.4. The molecular weight excluding hydrogens is 446 g/mol. The number of nitrogens with zero attached hydrogens (tertiary/aromatic N) is 1. The van der Waals surface area contributed by atoms with Crippen LogP contribution in [0.1, 0.15) is 36.7 Å². The zero-order valence-corrected chi connectivity index (χ0v) is 18.1. The lowest BCUT2D eigenvalue weighted by molar-refractivity contribution is -0.167. The quantitative estimate of drug-likeness (QED) is 0.380. The largest absolute Gasteiger partial charge is 0.478 e. The van der Waals surface area contributed by atoms with Crippen molar-refractivity contribution in [3.63, 3.8) is 0 Å². The molecule has 0 bridgehead atoms. The monoisotopic (exact) mass is 469 g/mol. The molecule has 1 aromatic heterocycles. The number of pyridine rings is 1. The molecule has 2 heterocycles. The number of rotatable bonds is 6. The highest BCUT2D eigenvalue weighted by molar-refractivity contribution is 6.04. The number of nitrogens with one attached hydrogen (secondary N) is 2. The Kier molecular flexibility index (Phi) is 6.92. The molecule has 1 aliphatic heterocycles. The topological polar surface area (TPSA) is 89.5 Å². The fourth-order valence-electron chi connectivity index (χ4n) is 3.03. The first-order valence-corrected chi connectivity index (χ1v) is 10.1. The molecule has 1 amide bonds. The van der Waals surface area contributed by atoms with Crippen molar-refractivity contribution in [1.82, 2.24) is 10.3 Å². The second-order valence-corrected chi connectivity index (χ2v) is 8.53. The van der Waals surface area contributed by atoms with Crippen molar-refractivity contribution >= 4 is 17.6 Å². The molecule has 2 aromatic rings. The van der Waals surface area contributed by atoms with Gasteiger partial charge in [-0.1, -0.05) is 0 Å². The molecule has 1 aromatic carbocycles. The van der Waals surface area contributed by atoms with Gasteiger partial charge in [0.1, 0.15) is 11.4 Å². The number of esters is 1. The van der Waals surface area contributed by atoms with Crippen LogP contribution in [0.25, 0.3) is 0 Å². The number of aromatic nitrogens is 1. The summed E-state index contributed by atoms with van der Waals surface area (Å²) >= 11 is 0. The Morgan fingerprint density at radius 1 is 1.18 bits per heavy atom. The predicted molar refractivity (Wildman–Crippen MR) is 110 cm³/mol. The van der Waals surface area contributed by atoms with E-state index in [0.717, 1.165) is 24.4 Å². The van der Waals surface area contributed by atoms with Crippen molar-refractivity contribution in [3.8, 4) is 5.75 Å². The lowest BCUT2D eigenvalue weighted by Crippen LogP contribution is -2.54. The van der Waals surface area contributed by atoms with E-state index in [0.29, 0.717) is 19.2 Å². The van der Waals surface area contributed by atoms with Crippen LogP contribution in [0.15, 0.2) is 36.5 Å². The summed E-state index contributed by atoms with van der Waals surface area (Å²) in [4.78, 5) is 28.4. The van der Waals surface area contributed by atoms with Gasteiger partial charge in [-0.15, -0.1) is 0 Å². The van der Waals surface area contributed by atoms with Gasteiger partial charge in [0.05, 0.1) is 11.1 Å². The van der Waals surface area contributed by atoms with Crippen molar-refractivity contribution in [2.45, 2.75) is 38.7 Å². The summed E-state index contributed by atoms with van der Waals surface area (Å²) in [5.41, 5.74) is -2.67. The minimum absolute atomic E-state index is 0.289. The van der Waals surface area contributed by atoms with Crippen molar-refractivity contribution in [3.05, 3.63) is 53.6 Å². The molecule has 1 aliphatic rings. The van der Waals surface area contributed by atoms with Crippen LogP contribution in [-0.4, -0.2) is 41.7 Å². The Bertz CT molecular complexity index is 1030. The molecule has 3 rings (SSSR count). The van der Waals surface area contributed by atoms with Gasteiger partial charge in [-0.3, -0.25) is 4.79 Å². The maximum atomic E-state index is 13.8. The average Bonchev–Trinajstić information content (AvgIpc) is 2.64. The minimum Gasteiger partial charge on any atom is -0.478 e. The third-order valence-corrected chi connectivity index (χ3v) is 4.64. The highest BCUT2D eigenvalue weighted by Gasteiger charge is 2.38. The number of ether oxygens (including phenoxy) is 2. The van der Waals surface area contributed by atoms with Crippen LogP contribution in [0.5, 0.6) is 5.75 Å². The van der Waals surface area contributed by atoms with E-state index in [9.17, 15) is 27.2 Å². The lowest BCUT2D eigenvalue weighted by Gasteiger charge is -2.35. The first kappa shape index (κ1) is 24.4. The average molecular weight is 469 g/mol. The molecule has 7 nitrogen and oxygen atoms in total. The second-order valence-electron chi connectivity index (χ2n) is 8.53. The fraction of sp³-hybridized carbons (Fsp3) is 0.409. The van der Waals surface area contributed by atoms with E-state index < -0.39 is 46.8 Å². The van der Waals surface area contributed by atoms with Crippen molar-refractivity contribution in [1.29, 1.82) is 0 Å². The standard InChI is InChI=1S/C22H23F4N3O4/c1-21(2,3)33-20(31)17(12-10-27-11-12)32-15-8-13(22(24,25)26)7-14(9-15)29-19(30)16-5-4-6-28-18(16)23/h4-9,12,17,27H,10-11H2,1-3H3,(H,29,30). The molecule has 178 valence electrons. The number of hydrogen-bond acceptors (Lipinski definition) is 6. The SMILES string of the molecule is CC(C)(C)OC(=O)C(Oc1cc(NC(=O)c2cccnc2F)cc(C(F)(F)F)c1)C1CNC1. The molecule has 11 heteroatoms. The van der Waals surface area contributed by atoms with Gasteiger partial charge in [-0.05, 0) is 45.0 Å². The van der Waals surface area contributed by atoms with E-state index in [1.54, 1.807) is 20.8 Å². The number of carbonyl (C=O) groups is 2. The zero-order valence-electron chi connectivity index (χ0n) is 18.1. The Morgan fingerprint density at radius 2 is 1.88 bits per heavy atom. The highest BCUT2D eigenvalue weighted by atomic mass is 19.4. The van der Waals surface area contributed by atoms with Crippen LogP contribution in [-0.2, 0) is 15.7 Å². The number of alkyl halides is 3. The Morgan fingerprint density at radius 3 is 2.42 bits per heavy atom. The highest BCUT2D eigenvalue weighted by Crippen LogP contribution is 2.35. The minimum atomic E-state index is -4.77. The number of carbonyl (C=O) groups excluding carboxylic acids is 2. The van der Waals surface area contributed by atoms with Crippen LogP contribution in [0.3, 0.4) is 0 Å². The smallest absolute Gasteiger partial charge is 0.416 e. The number of benzene rings is 1. The first-order chi connectivity index (χ1) is 15.3. The van der Waals surface area contributed by atoms with Crippen LogP contribution in [0.4, 0.5) is 23.2 Å². The van der Waals surface area contributed by atoms with E-state index in [-0.39, 0.29) is 17.4 Å². The summed E-state index contributed by atoms with van der Waals surface area (Å²) in [7, 11) is 0. The molecule has 1 saturated heterocycles. The van der Waals surface area contributed by atoms with E-state index in [2.05, 4.69) is 15.6 Å². The molecule has 0 spiro atoms. The fourth-order valence-corrected chi connectivity index (χ4v) is 3.03. The Balaban J connectivity index is 1.91. The number of hydrogen-bond donors (Lipinski definition) is 2. The van der Waals surface area contributed by atoms with Gasteiger partial charge >= 0.3 is 12.1 Å². The molecule has 2 N–H and O–H groups in total. The van der Waals surface area contributed by atoms with Gasteiger partial charge in [-0.2, -0.15) is 17.6 Å². The lowest BCUT2D eigenvalue weighted by atomic mass is 9.96. The molecule has 33 heavy (non-hydrogen) atoms. The molecule has 0 aliphatic carbocycles. The van der Waals surface area contributed by atoms with Crippen LogP contribution >= 0.6 is 0 Å². The van der Waals surface area contributed by atoms with E-state index >= 15 is 0 Å². The predicted octanol–water partition coefficient (Wildman–Crippen LogP) is 3.80. The summed E-state index contributed by atoms with van der Waals surface area (Å²) in [5, 5.41) is 5.20. The van der Waals surface area contributed by atoms with E-state index in [1.807, 2.05) is 0 Å². The van der Waals surface area contributed by atoms with Crippen LogP contribution in [0.2, 0.25) is 0 Å². The first-order valence-electron chi connectivity index (χ1n) is 10.1. The molecule has 0 radical (unpaired) electrons.